The highest BCUT2D eigenvalue weighted by molar-refractivity contribution is 7.89. The number of hydrogen-bond acceptors (Lipinski definition) is 4. The second-order valence-corrected chi connectivity index (χ2v) is 7.23. The molecular formula is C11H23ClN2O3S. The van der Waals surface area contributed by atoms with Crippen LogP contribution in [0.3, 0.4) is 0 Å². The highest BCUT2D eigenvalue weighted by Gasteiger charge is 2.44. The average molecular weight is 299 g/mol. The minimum absolute atomic E-state index is 0. The van der Waals surface area contributed by atoms with E-state index in [-0.39, 0.29) is 24.2 Å². The van der Waals surface area contributed by atoms with Crippen LogP contribution in [-0.4, -0.2) is 51.3 Å². The SMILES string of the molecule is COCCCS(=O)(=O)N1CC2CCC(N)C2C1.Cl. The second-order valence-electron chi connectivity index (χ2n) is 5.14. The minimum Gasteiger partial charge on any atom is -0.385 e. The summed E-state index contributed by atoms with van der Waals surface area (Å²) in [5.74, 6) is 1.06. The molecule has 2 rings (SSSR count). The third-order valence-corrected chi connectivity index (χ3v) is 5.91. The fourth-order valence-electron chi connectivity index (χ4n) is 3.01. The van der Waals surface area contributed by atoms with Crippen LogP contribution in [0.25, 0.3) is 0 Å². The van der Waals surface area contributed by atoms with Gasteiger partial charge in [0.2, 0.25) is 10.0 Å². The van der Waals surface area contributed by atoms with Crippen LogP contribution in [0.4, 0.5) is 0 Å². The van der Waals surface area contributed by atoms with E-state index in [2.05, 4.69) is 0 Å². The normalized spacial score (nSPS) is 32.2. The van der Waals surface area contributed by atoms with Gasteiger partial charge in [-0.2, -0.15) is 0 Å². The zero-order chi connectivity index (χ0) is 12.5. The van der Waals surface area contributed by atoms with Crippen LogP contribution in [0.15, 0.2) is 0 Å². The maximum Gasteiger partial charge on any atom is 0.214 e. The summed E-state index contributed by atoms with van der Waals surface area (Å²) >= 11 is 0. The lowest BCUT2D eigenvalue weighted by molar-refractivity contribution is 0.199. The van der Waals surface area contributed by atoms with E-state index < -0.39 is 10.0 Å². The largest absolute Gasteiger partial charge is 0.385 e. The van der Waals surface area contributed by atoms with Crippen molar-refractivity contribution in [1.82, 2.24) is 4.31 Å². The van der Waals surface area contributed by atoms with E-state index in [9.17, 15) is 8.42 Å². The molecule has 3 unspecified atom stereocenters. The molecular weight excluding hydrogens is 276 g/mol. The Balaban J connectivity index is 0.00000162. The number of hydrogen-bond donors (Lipinski definition) is 1. The van der Waals surface area contributed by atoms with Crippen molar-refractivity contribution < 1.29 is 13.2 Å². The molecule has 2 aliphatic rings. The van der Waals surface area contributed by atoms with Crippen molar-refractivity contribution >= 4 is 22.4 Å². The Hall–Kier alpha value is 0.120. The summed E-state index contributed by atoms with van der Waals surface area (Å²) in [7, 11) is -1.51. The van der Waals surface area contributed by atoms with Gasteiger partial charge < -0.3 is 10.5 Å². The second kappa shape index (κ2) is 6.52. The molecule has 0 amide bonds. The summed E-state index contributed by atoms with van der Waals surface area (Å²) < 4.78 is 30.7. The molecule has 0 bridgehead atoms. The van der Waals surface area contributed by atoms with Gasteiger partial charge in [-0.1, -0.05) is 0 Å². The first kappa shape index (κ1) is 16.2. The Morgan fingerprint density at radius 2 is 2.06 bits per heavy atom. The maximum absolute atomic E-state index is 12.1. The molecule has 3 atom stereocenters. The molecule has 0 spiro atoms. The predicted molar refractivity (Wildman–Crippen MR) is 73.3 cm³/mol. The van der Waals surface area contributed by atoms with E-state index in [0.29, 0.717) is 38.0 Å². The van der Waals surface area contributed by atoms with Crippen LogP contribution in [0.5, 0.6) is 0 Å². The van der Waals surface area contributed by atoms with Gasteiger partial charge in [0.25, 0.3) is 0 Å². The molecule has 2 fully saturated rings. The van der Waals surface area contributed by atoms with Gasteiger partial charge in [0.15, 0.2) is 0 Å². The number of fused-ring (bicyclic) bond motifs is 1. The maximum atomic E-state index is 12.1. The number of rotatable bonds is 5. The monoisotopic (exact) mass is 298 g/mol. The van der Waals surface area contributed by atoms with Crippen molar-refractivity contribution in [3.8, 4) is 0 Å². The van der Waals surface area contributed by atoms with E-state index in [0.717, 1.165) is 12.8 Å². The van der Waals surface area contributed by atoms with Crippen molar-refractivity contribution in [1.29, 1.82) is 0 Å². The van der Waals surface area contributed by atoms with Gasteiger partial charge in [0, 0.05) is 32.8 Å². The molecule has 0 radical (unpaired) electrons. The van der Waals surface area contributed by atoms with Gasteiger partial charge in [0.05, 0.1) is 5.75 Å². The molecule has 18 heavy (non-hydrogen) atoms. The number of sulfonamides is 1. The van der Waals surface area contributed by atoms with E-state index in [1.165, 1.54) is 0 Å². The summed E-state index contributed by atoms with van der Waals surface area (Å²) in [6, 6.07) is 0.194. The fourth-order valence-corrected chi connectivity index (χ4v) is 4.57. The number of methoxy groups -OCH3 is 1. The van der Waals surface area contributed by atoms with Gasteiger partial charge in [-0.25, -0.2) is 12.7 Å². The van der Waals surface area contributed by atoms with Crippen LogP contribution < -0.4 is 5.73 Å². The molecule has 1 aliphatic heterocycles. The Morgan fingerprint density at radius 1 is 1.33 bits per heavy atom. The Labute approximate surface area is 116 Å². The molecule has 7 heteroatoms. The first-order valence-corrected chi connectivity index (χ1v) is 7.88. The average Bonchev–Trinajstić information content (AvgIpc) is 2.82. The molecule has 0 aromatic carbocycles. The number of halogens is 1. The topological polar surface area (TPSA) is 72.6 Å². The lowest BCUT2D eigenvalue weighted by Crippen LogP contribution is -2.35. The Kier molecular flexibility index (Phi) is 5.86. The lowest BCUT2D eigenvalue weighted by atomic mass is 9.98. The molecule has 5 nitrogen and oxygen atoms in total. The van der Waals surface area contributed by atoms with Gasteiger partial charge >= 0.3 is 0 Å². The third-order valence-electron chi connectivity index (χ3n) is 4.02. The molecule has 1 aliphatic carbocycles. The third kappa shape index (κ3) is 3.36. The van der Waals surface area contributed by atoms with Crippen molar-refractivity contribution in [2.75, 3.05) is 32.6 Å². The van der Waals surface area contributed by atoms with Crippen LogP contribution in [0, 0.1) is 11.8 Å². The summed E-state index contributed by atoms with van der Waals surface area (Å²) in [5, 5.41) is 0. The summed E-state index contributed by atoms with van der Waals surface area (Å²) in [6.45, 7) is 1.80. The molecule has 2 N–H and O–H groups in total. The van der Waals surface area contributed by atoms with Crippen LogP contribution in [-0.2, 0) is 14.8 Å². The quantitative estimate of drug-likeness (QED) is 0.748. The van der Waals surface area contributed by atoms with E-state index in [1.54, 1.807) is 11.4 Å². The standard InChI is InChI=1S/C11H22N2O3S.ClH/c1-16-5-2-6-17(14,15)13-7-9-3-4-11(12)10(9)8-13;/h9-11H,2-8,12H2,1H3;1H. The van der Waals surface area contributed by atoms with Gasteiger partial charge in [0.1, 0.15) is 0 Å². The highest BCUT2D eigenvalue weighted by atomic mass is 35.5. The van der Waals surface area contributed by atoms with E-state index >= 15 is 0 Å². The molecule has 1 saturated heterocycles. The summed E-state index contributed by atoms with van der Waals surface area (Å²) in [4.78, 5) is 0. The van der Waals surface area contributed by atoms with Crippen LogP contribution in [0.1, 0.15) is 19.3 Å². The van der Waals surface area contributed by atoms with Gasteiger partial charge in [-0.15, -0.1) is 12.4 Å². The van der Waals surface area contributed by atoms with Crippen LogP contribution in [0.2, 0.25) is 0 Å². The summed E-state index contributed by atoms with van der Waals surface area (Å²) in [6.07, 6.45) is 2.69. The first-order valence-electron chi connectivity index (χ1n) is 6.27. The van der Waals surface area contributed by atoms with Crippen molar-refractivity contribution in [3.05, 3.63) is 0 Å². The molecule has 108 valence electrons. The lowest BCUT2D eigenvalue weighted by Gasteiger charge is -2.18. The van der Waals surface area contributed by atoms with E-state index in [1.807, 2.05) is 0 Å². The van der Waals surface area contributed by atoms with Crippen molar-refractivity contribution in [3.63, 3.8) is 0 Å². The minimum atomic E-state index is -3.10. The predicted octanol–water partition coefficient (Wildman–Crippen LogP) is 0.444. The smallest absolute Gasteiger partial charge is 0.214 e. The highest BCUT2D eigenvalue weighted by Crippen LogP contribution is 2.38. The fraction of sp³-hybridized carbons (Fsp3) is 1.00. The zero-order valence-electron chi connectivity index (χ0n) is 10.7. The zero-order valence-corrected chi connectivity index (χ0v) is 12.4. The molecule has 1 saturated carbocycles. The Bertz CT molecular complexity index is 363. The number of nitrogens with two attached hydrogens (primary N) is 1. The molecule has 1 heterocycles. The molecule has 0 aromatic rings. The van der Waals surface area contributed by atoms with Gasteiger partial charge in [-0.05, 0) is 31.1 Å². The Morgan fingerprint density at radius 3 is 2.67 bits per heavy atom. The van der Waals surface area contributed by atoms with Gasteiger partial charge in [-0.3, -0.25) is 0 Å². The molecule has 0 aromatic heterocycles. The summed E-state index contributed by atoms with van der Waals surface area (Å²) in [5.41, 5.74) is 6.01. The van der Waals surface area contributed by atoms with Crippen LogP contribution >= 0.6 is 12.4 Å². The van der Waals surface area contributed by atoms with Crippen molar-refractivity contribution in [2.24, 2.45) is 17.6 Å². The van der Waals surface area contributed by atoms with E-state index in [4.69, 9.17) is 10.5 Å². The first-order chi connectivity index (χ1) is 8.04. The number of ether oxygens (including phenoxy) is 1. The number of nitrogens with zero attached hydrogens (tertiary/aromatic N) is 1. The van der Waals surface area contributed by atoms with Crippen molar-refractivity contribution in [2.45, 2.75) is 25.3 Å².